The van der Waals surface area contributed by atoms with Gasteiger partial charge < -0.3 is 21.1 Å². The molecule has 218 valence electrons. The number of fused-ring (bicyclic) bond motifs is 1. The Kier molecular flexibility index (Phi) is 8.50. The largest absolute Gasteiger partial charge is 0.478 e. The third-order valence-corrected chi connectivity index (χ3v) is 8.43. The number of guanidine groups is 1. The molecular formula is C29H31N7O5S. The Morgan fingerprint density at radius 1 is 0.976 bits per heavy atom. The number of amides is 1. The number of unbranched alkanes of at least 4 members (excludes halogenated alkanes) is 1. The number of nitrogens with zero attached hydrogens (tertiary/aromatic N) is 2. The molecule has 0 fully saturated rings. The molecule has 3 aromatic carbocycles. The highest BCUT2D eigenvalue weighted by atomic mass is 32.2. The van der Waals surface area contributed by atoms with Crippen molar-refractivity contribution in [2.45, 2.75) is 29.8 Å². The van der Waals surface area contributed by atoms with Gasteiger partial charge in [-0.2, -0.15) is 9.82 Å². The minimum atomic E-state index is -4.38. The van der Waals surface area contributed by atoms with Crippen LogP contribution in [0.4, 0.5) is 0 Å². The van der Waals surface area contributed by atoms with Crippen molar-refractivity contribution < 1.29 is 23.1 Å². The van der Waals surface area contributed by atoms with Gasteiger partial charge in [-0.25, -0.2) is 13.2 Å². The predicted molar refractivity (Wildman–Crippen MR) is 158 cm³/mol. The summed E-state index contributed by atoms with van der Waals surface area (Å²) in [5.41, 5.74) is 0.250. The maximum absolute atomic E-state index is 13.5. The lowest BCUT2D eigenvalue weighted by Gasteiger charge is -2.31. The number of aromatic nitrogens is 2. The molecule has 12 nitrogen and oxygen atoms in total. The van der Waals surface area contributed by atoms with Gasteiger partial charge in [0.05, 0.1) is 23.2 Å². The first-order valence-corrected chi connectivity index (χ1v) is 14.9. The van der Waals surface area contributed by atoms with Crippen molar-refractivity contribution in [3.63, 3.8) is 0 Å². The number of aromatic amines is 1. The number of carbonyl (C=O) groups is 2. The van der Waals surface area contributed by atoms with E-state index in [-0.39, 0.29) is 23.3 Å². The highest BCUT2D eigenvalue weighted by Gasteiger charge is 2.44. The highest BCUT2D eigenvalue weighted by Crippen LogP contribution is 2.23. The van der Waals surface area contributed by atoms with Crippen LogP contribution in [-0.4, -0.2) is 66.9 Å². The molecule has 4 aromatic rings. The molecule has 1 unspecified atom stereocenters. The number of nitrogens with one attached hydrogen (secondary N) is 5. The lowest BCUT2D eigenvalue weighted by molar-refractivity contribution is -0.145. The van der Waals surface area contributed by atoms with E-state index < -0.39 is 27.6 Å². The van der Waals surface area contributed by atoms with Crippen LogP contribution in [0, 0.1) is 0 Å². The molecule has 1 atom stereocenters. The van der Waals surface area contributed by atoms with E-state index in [4.69, 9.17) is 0 Å². The Morgan fingerprint density at radius 3 is 2.45 bits per heavy atom. The normalized spacial score (nSPS) is 14.5. The smallest absolute Gasteiger partial charge is 0.345 e. The minimum Gasteiger partial charge on any atom is -0.478 e. The Morgan fingerprint density at radius 2 is 1.74 bits per heavy atom. The van der Waals surface area contributed by atoms with Crippen LogP contribution in [0.15, 0.2) is 88.9 Å². The average Bonchev–Trinajstić information content (AvgIpc) is 3.69. The van der Waals surface area contributed by atoms with Crippen LogP contribution in [-0.2, 0) is 14.8 Å². The molecule has 13 heteroatoms. The van der Waals surface area contributed by atoms with Crippen molar-refractivity contribution in [1.82, 2.24) is 30.9 Å². The number of H-pyrrole nitrogens is 1. The summed E-state index contributed by atoms with van der Waals surface area (Å²) in [6.07, 6.45) is 2.11. The summed E-state index contributed by atoms with van der Waals surface area (Å²) in [5.74, 6) is -1.60. The van der Waals surface area contributed by atoms with Crippen LogP contribution in [0.25, 0.3) is 22.0 Å². The Bertz CT molecular complexity index is 1710. The van der Waals surface area contributed by atoms with E-state index in [1.54, 1.807) is 24.3 Å². The first-order chi connectivity index (χ1) is 20.3. The summed E-state index contributed by atoms with van der Waals surface area (Å²) in [7, 11) is -4.38. The molecule has 1 aliphatic rings. The van der Waals surface area contributed by atoms with Gasteiger partial charge in [-0.1, -0.05) is 42.5 Å². The monoisotopic (exact) mass is 589 g/mol. The van der Waals surface area contributed by atoms with Crippen molar-refractivity contribution in [3.05, 3.63) is 84.6 Å². The van der Waals surface area contributed by atoms with Gasteiger partial charge in [-0.15, -0.1) is 0 Å². The molecule has 5 rings (SSSR count). The lowest BCUT2D eigenvalue weighted by Crippen LogP contribution is -2.65. The Balaban J connectivity index is 1.38. The van der Waals surface area contributed by atoms with Gasteiger partial charge in [0.25, 0.3) is 5.91 Å². The number of hydrogen-bond acceptors (Lipinski definition) is 8. The fraction of sp³-hybridized carbons (Fsp3) is 0.241. The van der Waals surface area contributed by atoms with Crippen molar-refractivity contribution in [2.24, 2.45) is 4.99 Å². The number of hydrogen-bond donors (Lipinski definition) is 6. The SMILES string of the molecule is O=C(NC(CCCCNC1=NCCN1)(NS(=O)(=O)c1ccc(-c2ccccc2)cc1)C(=O)O)c1ccc2[nH]ncc2c1. The molecular weight excluding hydrogens is 558 g/mol. The molecule has 0 radical (unpaired) electrons. The minimum absolute atomic E-state index is 0.131. The molecule has 0 saturated carbocycles. The topological polar surface area (TPSA) is 178 Å². The standard InChI is InChI=1S/C29H31N7O5S/c37-26(22-10-13-25-23(18-22)19-33-35-25)34-29(27(38)39,14-4-5-15-30-28-31-16-17-32-28)36-42(40,41)24-11-8-21(9-12-24)20-6-2-1-3-7-20/h1-3,6-13,18-19,36H,4-5,14-17H2,(H,33,35)(H,34,37)(H,38,39)(H2,30,31,32). The van der Waals surface area contributed by atoms with Crippen molar-refractivity contribution >= 4 is 38.8 Å². The average molecular weight is 590 g/mol. The second-order valence-electron chi connectivity index (χ2n) is 9.87. The van der Waals surface area contributed by atoms with Crippen LogP contribution in [0.2, 0.25) is 0 Å². The summed E-state index contributed by atoms with van der Waals surface area (Å²) in [4.78, 5) is 30.2. The van der Waals surface area contributed by atoms with Gasteiger partial charge in [0.1, 0.15) is 0 Å². The molecule has 1 amide bonds. The summed E-state index contributed by atoms with van der Waals surface area (Å²) >= 11 is 0. The first-order valence-electron chi connectivity index (χ1n) is 13.5. The van der Waals surface area contributed by atoms with Gasteiger partial charge >= 0.3 is 5.97 Å². The van der Waals surface area contributed by atoms with E-state index in [1.165, 1.54) is 24.4 Å². The molecule has 1 aliphatic heterocycles. The summed E-state index contributed by atoms with van der Waals surface area (Å²) in [6.45, 7) is 1.91. The van der Waals surface area contributed by atoms with E-state index in [0.717, 1.165) is 17.7 Å². The Labute approximate surface area is 242 Å². The zero-order valence-corrected chi connectivity index (χ0v) is 23.4. The number of carboxylic acid groups (broad SMARTS) is 1. The summed E-state index contributed by atoms with van der Waals surface area (Å²) in [5, 5.41) is 26.5. The molecule has 2 heterocycles. The van der Waals surface area contributed by atoms with Crippen LogP contribution >= 0.6 is 0 Å². The molecule has 42 heavy (non-hydrogen) atoms. The van der Waals surface area contributed by atoms with E-state index in [1.807, 2.05) is 30.3 Å². The van der Waals surface area contributed by atoms with Crippen molar-refractivity contribution in [3.8, 4) is 11.1 Å². The summed E-state index contributed by atoms with van der Waals surface area (Å²) < 4.78 is 29.4. The zero-order valence-electron chi connectivity index (χ0n) is 22.6. The maximum atomic E-state index is 13.5. The van der Waals surface area contributed by atoms with Crippen molar-refractivity contribution in [1.29, 1.82) is 0 Å². The fourth-order valence-electron chi connectivity index (χ4n) is 4.68. The molecule has 0 aliphatic carbocycles. The van der Waals surface area contributed by atoms with E-state index in [2.05, 4.69) is 35.9 Å². The third-order valence-electron chi connectivity index (χ3n) is 6.92. The van der Waals surface area contributed by atoms with E-state index >= 15 is 0 Å². The second kappa shape index (κ2) is 12.4. The van der Waals surface area contributed by atoms with Crippen LogP contribution in [0.3, 0.4) is 0 Å². The van der Waals surface area contributed by atoms with Crippen LogP contribution in [0.1, 0.15) is 29.6 Å². The number of carboxylic acids is 1. The number of aliphatic carboxylic acids is 1. The second-order valence-corrected chi connectivity index (χ2v) is 11.6. The molecule has 1 aromatic heterocycles. The van der Waals surface area contributed by atoms with Gasteiger partial charge in [0, 0.05) is 24.0 Å². The number of aliphatic imine (C=N–C) groups is 1. The van der Waals surface area contributed by atoms with Gasteiger partial charge in [0.2, 0.25) is 15.7 Å². The maximum Gasteiger partial charge on any atom is 0.345 e. The quantitative estimate of drug-likeness (QED) is 0.108. The van der Waals surface area contributed by atoms with Gasteiger partial charge in [-0.3, -0.25) is 14.9 Å². The Hall–Kier alpha value is -4.75. The molecule has 6 N–H and O–H groups in total. The predicted octanol–water partition coefficient (Wildman–Crippen LogP) is 2.44. The van der Waals surface area contributed by atoms with Crippen molar-refractivity contribution in [2.75, 3.05) is 19.6 Å². The number of carbonyl (C=O) groups excluding carboxylic acids is 1. The van der Waals surface area contributed by atoms with Crippen LogP contribution in [0.5, 0.6) is 0 Å². The van der Waals surface area contributed by atoms with E-state index in [0.29, 0.717) is 36.4 Å². The lowest BCUT2D eigenvalue weighted by atomic mass is 10.0. The summed E-state index contributed by atoms with van der Waals surface area (Å²) in [6, 6.07) is 20.3. The molecule has 0 bridgehead atoms. The van der Waals surface area contributed by atoms with Gasteiger partial charge in [-0.05, 0) is 60.7 Å². The third kappa shape index (κ3) is 6.58. The molecule has 0 spiro atoms. The van der Waals surface area contributed by atoms with Crippen LogP contribution < -0.4 is 20.7 Å². The number of sulfonamides is 1. The molecule has 0 saturated heterocycles. The van der Waals surface area contributed by atoms with Gasteiger partial charge in [0.15, 0.2) is 5.96 Å². The highest BCUT2D eigenvalue weighted by molar-refractivity contribution is 7.89. The number of benzene rings is 3. The number of rotatable bonds is 12. The zero-order chi connectivity index (χ0) is 29.6. The first kappa shape index (κ1) is 28.8. The van der Waals surface area contributed by atoms with E-state index in [9.17, 15) is 23.1 Å². The fourth-order valence-corrected chi connectivity index (χ4v) is 5.99.